The molecule has 1 rings (SSSR count). The maximum atomic E-state index is 10.2. The van der Waals surface area contributed by atoms with Crippen molar-refractivity contribution < 1.29 is 24.7 Å². The fraction of sp³-hybridized carbons (Fsp3) is 0.700. The number of nitro groups is 1. The monoisotopic (exact) mass is 275 g/mol. The number of aliphatic hydroxyl groups excluding tert-OH is 2. The molecule has 1 aliphatic rings. The summed E-state index contributed by atoms with van der Waals surface area (Å²) in [6, 6.07) is 0. The lowest BCUT2D eigenvalue weighted by Crippen LogP contribution is -2.41. The van der Waals surface area contributed by atoms with Crippen molar-refractivity contribution in [2.24, 2.45) is 5.10 Å². The summed E-state index contributed by atoms with van der Waals surface area (Å²) in [6.07, 6.45) is -2.05. The number of ether oxygens (including phenoxy) is 2. The highest BCUT2D eigenvalue weighted by Gasteiger charge is 2.44. The third-order valence-corrected chi connectivity index (χ3v) is 2.61. The molecule has 1 aliphatic heterocycles. The van der Waals surface area contributed by atoms with Gasteiger partial charge in [-0.3, -0.25) is 0 Å². The Kier molecular flexibility index (Phi) is 5.83. The highest BCUT2D eigenvalue weighted by atomic mass is 16.7. The molecule has 0 aromatic carbocycles. The summed E-state index contributed by atoms with van der Waals surface area (Å²) in [4.78, 5) is 11.3. The Balaban J connectivity index is 2.71. The second kappa shape index (κ2) is 7.14. The van der Waals surface area contributed by atoms with Crippen molar-refractivity contribution in [2.45, 2.75) is 31.5 Å². The van der Waals surface area contributed by atoms with Gasteiger partial charge in [-0.2, -0.15) is 0 Å². The van der Waals surface area contributed by atoms with E-state index in [9.17, 15) is 20.3 Å². The second-order valence-corrected chi connectivity index (χ2v) is 3.80. The van der Waals surface area contributed by atoms with Crippen LogP contribution in [0.1, 0.15) is 6.92 Å². The van der Waals surface area contributed by atoms with Gasteiger partial charge in [0.1, 0.15) is 18.3 Å². The molecule has 19 heavy (non-hydrogen) atoms. The predicted molar refractivity (Wildman–Crippen MR) is 64.7 cm³/mol. The number of nitrogens with zero attached hydrogens (tertiary/aromatic N) is 3. The second-order valence-electron chi connectivity index (χ2n) is 3.80. The van der Waals surface area contributed by atoms with E-state index in [-0.39, 0.29) is 6.61 Å². The average molecular weight is 275 g/mol. The van der Waals surface area contributed by atoms with Crippen LogP contribution in [-0.4, -0.2) is 64.2 Å². The topological polar surface area (TPSA) is 118 Å². The van der Waals surface area contributed by atoms with Gasteiger partial charge >= 0.3 is 0 Å². The predicted octanol–water partition coefficient (Wildman–Crippen LogP) is -0.865. The zero-order valence-electron chi connectivity index (χ0n) is 10.5. The van der Waals surface area contributed by atoms with Gasteiger partial charge in [0.15, 0.2) is 17.6 Å². The summed E-state index contributed by atoms with van der Waals surface area (Å²) in [7, 11) is 0. The van der Waals surface area contributed by atoms with Crippen LogP contribution in [0.3, 0.4) is 0 Å². The van der Waals surface area contributed by atoms with E-state index in [4.69, 9.17) is 9.47 Å². The van der Waals surface area contributed by atoms with Crippen LogP contribution < -0.4 is 0 Å². The standard InChI is InChI=1S/C10H17N3O6/c1-3-12(6-11-13(16)17)10-9(15)8(14)7(19-10)5-18-4-2/h3,6-10,14-15H,1,4-5H2,2H3/b11-6-. The van der Waals surface area contributed by atoms with Gasteiger partial charge in [-0.1, -0.05) is 6.58 Å². The molecule has 0 saturated carbocycles. The summed E-state index contributed by atoms with van der Waals surface area (Å²) < 4.78 is 10.5. The van der Waals surface area contributed by atoms with Gasteiger partial charge < -0.3 is 24.6 Å². The Bertz CT molecular complexity index is 350. The lowest BCUT2D eigenvalue weighted by molar-refractivity contribution is -0.485. The van der Waals surface area contributed by atoms with Crippen LogP contribution in [0, 0.1) is 10.1 Å². The lowest BCUT2D eigenvalue weighted by atomic mass is 10.1. The third-order valence-electron chi connectivity index (χ3n) is 2.61. The van der Waals surface area contributed by atoms with Crippen LogP contribution in [0.25, 0.3) is 0 Å². The van der Waals surface area contributed by atoms with Crippen LogP contribution in [0.2, 0.25) is 0 Å². The zero-order valence-corrected chi connectivity index (χ0v) is 10.5. The minimum Gasteiger partial charge on any atom is -0.387 e. The number of aliphatic hydroxyl groups is 2. The quantitative estimate of drug-likeness (QED) is 0.268. The fourth-order valence-corrected chi connectivity index (χ4v) is 1.67. The van der Waals surface area contributed by atoms with E-state index in [1.165, 1.54) is 6.20 Å². The first kappa shape index (κ1) is 15.5. The highest BCUT2D eigenvalue weighted by Crippen LogP contribution is 2.24. The van der Waals surface area contributed by atoms with Crippen molar-refractivity contribution in [3.05, 3.63) is 22.9 Å². The Hall–Kier alpha value is -1.55. The molecule has 0 spiro atoms. The number of hydrogen-bond acceptors (Lipinski definition) is 6. The molecule has 4 unspecified atom stereocenters. The summed E-state index contributed by atoms with van der Waals surface area (Å²) >= 11 is 0. The molecule has 0 aliphatic carbocycles. The van der Waals surface area contributed by atoms with Gasteiger partial charge in [0.05, 0.1) is 11.7 Å². The van der Waals surface area contributed by atoms with Gasteiger partial charge in [-0.25, -0.2) is 10.1 Å². The largest absolute Gasteiger partial charge is 0.387 e. The van der Waals surface area contributed by atoms with Gasteiger partial charge in [0, 0.05) is 12.8 Å². The summed E-state index contributed by atoms with van der Waals surface area (Å²) in [6.45, 7) is 5.78. The normalized spacial score (nSPS) is 30.7. The number of hydrazone groups is 1. The van der Waals surface area contributed by atoms with Crippen LogP contribution in [0.5, 0.6) is 0 Å². The van der Waals surface area contributed by atoms with E-state index >= 15 is 0 Å². The van der Waals surface area contributed by atoms with Gasteiger partial charge in [0.25, 0.3) is 0 Å². The number of rotatable bonds is 7. The third kappa shape index (κ3) is 3.96. The smallest absolute Gasteiger partial charge is 0.192 e. The van der Waals surface area contributed by atoms with Crippen LogP contribution in [-0.2, 0) is 9.47 Å². The van der Waals surface area contributed by atoms with E-state index in [0.717, 1.165) is 11.2 Å². The average Bonchev–Trinajstić information content (AvgIpc) is 2.65. The molecule has 0 amide bonds. The van der Waals surface area contributed by atoms with Crippen molar-refractivity contribution in [2.75, 3.05) is 13.2 Å². The molecule has 108 valence electrons. The molecule has 1 fully saturated rings. The van der Waals surface area contributed by atoms with E-state index in [0.29, 0.717) is 6.61 Å². The van der Waals surface area contributed by atoms with Crippen molar-refractivity contribution >= 4 is 6.34 Å². The molecule has 0 aromatic heterocycles. The Morgan fingerprint density at radius 2 is 2.26 bits per heavy atom. The molecule has 1 heterocycles. The van der Waals surface area contributed by atoms with Gasteiger partial charge in [-0.05, 0) is 6.92 Å². The van der Waals surface area contributed by atoms with Crippen molar-refractivity contribution in [3.8, 4) is 0 Å². The lowest BCUT2D eigenvalue weighted by Gasteiger charge is -2.23. The van der Waals surface area contributed by atoms with Crippen LogP contribution >= 0.6 is 0 Å². The van der Waals surface area contributed by atoms with E-state index in [1.54, 1.807) is 6.92 Å². The molecule has 4 atom stereocenters. The molecular formula is C10H17N3O6. The van der Waals surface area contributed by atoms with E-state index < -0.39 is 29.6 Å². The minimum absolute atomic E-state index is 0.114. The molecule has 0 radical (unpaired) electrons. The minimum atomic E-state index is -1.25. The molecule has 2 N–H and O–H groups in total. The molecule has 9 nitrogen and oxygen atoms in total. The van der Waals surface area contributed by atoms with E-state index in [2.05, 4.69) is 11.7 Å². The first-order chi connectivity index (χ1) is 9.01. The van der Waals surface area contributed by atoms with E-state index in [1.807, 2.05) is 0 Å². The van der Waals surface area contributed by atoms with Gasteiger partial charge in [-0.15, -0.1) is 0 Å². The van der Waals surface area contributed by atoms with Crippen molar-refractivity contribution in [3.63, 3.8) is 0 Å². The Morgan fingerprint density at radius 1 is 1.58 bits per heavy atom. The zero-order chi connectivity index (χ0) is 14.4. The summed E-state index contributed by atoms with van der Waals surface area (Å²) in [5, 5.41) is 31.8. The molecule has 1 saturated heterocycles. The van der Waals surface area contributed by atoms with Gasteiger partial charge in [0.2, 0.25) is 0 Å². The maximum absolute atomic E-state index is 10.2. The summed E-state index contributed by atoms with van der Waals surface area (Å²) in [5.41, 5.74) is 0. The Morgan fingerprint density at radius 3 is 2.79 bits per heavy atom. The van der Waals surface area contributed by atoms with Crippen molar-refractivity contribution in [1.29, 1.82) is 0 Å². The first-order valence-corrected chi connectivity index (χ1v) is 5.69. The Labute approximate surface area is 109 Å². The van der Waals surface area contributed by atoms with Crippen LogP contribution in [0.15, 0.2) is 17.9 Å². The first-order valence-electron chi connectivity index (χ1n) is 5.69. The SMILES string of the molecule is C=CN(/C=N\[N+](=O)[O-])C1OC(COCC)C(O)C1O. The molecule has 9 heteroatoms. The fourth-order valence-electron chi connectivity index (χ4n) is 1.67. The van der Waals surface area contributed by atoms with Crippen LogP contribution in [0.4, 0.5) is 0 Å². The summed E-state index contributed by atoms with van der Waals surface area (Å²) in [5.74, 6) is 0. The molecular weight excluding hydrogens is 258 g/mol. The molecule has 0 bridgehead atoms. The number of hydrogen-bond donors (Lipinski definition) is 2. The maximum Gasteiger partial charge on any atom is 0.192 e. The highest BCUT2D eigenvalue weighted by molar-refractivity contribution is 5.56. The molecule has 0 aromatic rings. The van der Waals surface area contributed by atoms with Crippen molar-refractivity contribution in [1.82, 2.24) is 4.90 Å².